The molecule has 0 bridgehead atoms. The Labute approximate surface area is 443 Å². The Hall–Kier alpha value is -8.02. The van der Waals surface area contributed by atoms with Crippen LogP contribution in [0.2, 0.25) is 0 Å². The standard InChI is InChI=1S/C70H68N4O/c1-67(2,3)50-32-29-46(30-33-50)47-31-36-62-64(41-47)72(45-73(62)66-57(48-19-15-21-51(39-48)68(4,5)6)26-18-27-58(66)49-20-16-22-52(40-49)69(7,8)9)54-23-17-24-55(43-54)75-56-34-35-60-59-25-13-14-28-61(59)74(63(60)44-56)65-42-53(37-38-71-65)70(10,11)12/h13-44H,1-12H3. The maximum absolute atomic E-state index is 6.91. The molecule has 0 unspecified atom stereocenters. The van der Waals surface area contributed by atoms with Gasteiger partial charge in [0.05, 0.1) is 33.4 Å². The van der Waals surface area contributed by atoms with Crippen LogP contribution >= 0.6 is 0 Å². The van der Waals surface area contributed by atoms with Crippen LogP contribution in [0.1, 0.15) is 105 Å². The Kier molecular flexibility index (Phi) is 12.1. The van der Waals surface area contributed by atoms with Crippen molar-refractivity contribution in [1.82, 2.24) is 14.1 Å². The number of imidazole rings is 1. The Morgan fingerprint density at radius 3 is 1.64 bits per heavy atom. The summed E-state index contributed by atoms with van der Waals surface area (Å²) in [4.78, 5) is 4.93. The van der Waals surface area contributed by atoms with E-state index in [-0.39, 0.29) is 21.7 Å². The van der Waals surface area contributed by atoms with E-state index in [4.69, 9.17) is 9.72 Å². The number of pyridine rings is 1. The molecule has 3 heterocycles. The van der Waals surface area contributed by atoms with E-state index in [1.807, 2.05) is 12.3 Å². The van der Waals surface area contributed by atoms with Crippen LogP contribution in [0.5, 0.6) is 11.5 Å². The number of aromatic nitrogens is 4. The lowest BCUT2D eigenvalue weighted by Crippen LogP contribution is -2.31. The zero-order valence-corrected chi connectivity index (χ0v) is 45.7. The van der Waals surface area contributed by atoms with Crippen LogP contribution in [-0.2, 0) is 21.7 Å². The molecule has 11 rings (SSSR count). The highest BCUT2D eigenvalue weighted by atomic mass is 16.5. The van der Waals surface area contributed by atoms with Gasteiger partial charge in [0, 0.05) is 23.0 Å². The summed E-state index contributed by atoms with van der Waals surface area (Å²) in [6.45, 7) is 27.2. The van der Waals surface area contributed by atoms with Gasteiger partial charge in [-0.25, -0.2) is 4.98 Å². The molecule has 11 aromatic rings. The third-order valence-electron chi connectivity index (χ3n) is 14.9. The van der Waals surface area contributed by atoms with Gasteiger partial charge in [0.15, 0.2) is 0 Å². The molecule has 0 aliphatic rings. The molecule has 0 N–H and O–H groups in total. The van der Waals surface area contributed by atoms with Crippen LogP contribution in [0.15, 0.2) is 194 Å². The predicted molar refractivity (Wildman–Crippen MR) is 313 cm³/mol. The Morgan fingerprint density at radius 2 is 0.987 bits per heavy atom. The van der Waals surface area contributed by atoms with E-state index in [1.54, 1.807) is 0 Å². The summed E-state index contributed by atoms with van der Waals surface area (Å²) in [6.07, 6.45) is 5.90. The summed E-state index contributed by atoms with van der Waals surface area (Å²) in [5.74, 6) is 2.34. The topological polar surface area (TPSA) is 35.9 Å². The van der Waals surface area contributed by atoms with Crippen LogP contribution in [0.4, 0.5) is 0 Å². The van der Waals surface area contributed by atoms with Crippen LogP contribution in [0.3, 0.4) is 0 Å². The van der Waals surface area contributed by atoms with E-state index in [0.717, 1.165) is 89.5 Å². The fourth-order valence-electron chi connectivity index (χ4n) is 10.5. The first-order valence-electron chi connectivity index (χ1n) is 26.4. The third kappa shape index (κ3) is 9.46. The highest BCUT2D eigenvalue weighted by Crippen LogP contribution is 2.40. The minimum atomic E-state index is -0.0296. The van der Waals surface area contributed by atoms with Gasteiger partial charge in [-0.2, -0.15) is 0 Å². The quantitative estimate of drug-likeness (QED) is 0.112. The van der Waals surface area contributed by atoms with Crippen molar-refractivity contribution in [3.8, 4) is 62.1 Å². The van der Waals surface area contributed by atoms with Gasteiger partial charge in [0.2, 0.25) is 0 Å². The lowest BCUT2D eigenvalue weighted by atomic mass is 9.84. The smallest absolute Gasteiger partial charge is 0.269 e. The maximum atomic E-state index is 6.91. The van der Waals surface area contributed by atoms with E-state index < -0.39 is 0 Å². The lowest BCUT2D eigenvalue weighted by Gasteiger charge is -2.23. The number of fused-ring (bicyclic) bond motifs is 4. The van der Waals surface area contributed by atoms with Crippen molar-refractivity contribution in [2.24, 2.45) is 0 Å². The Bertz CT molecular complexity index is 3880. The predicted octanol–water partition coefficient (Wildman–Crippen LogP) is 18.2. The number of hydrogen-bond acceptors (Lipinski definition) is 2. The van der Waals surface area contributed by atoms with Gasteiger partial charge in [0.25, 0.3) is 6.33 Å². The molecule has 3 aromatic heterocycles. The monoisotopic (exact) mass is 981 g/mol. The van der Waals surface area contributed by atoms with E-state index in [2.05, 4.69) is 285 Å². The lowest BCUT2D eigenvalue weighted by molar-refractivity contribution is -0.571. The van der Waals surface area contributed by atoms with Crippen molar-refractivity contribution in [3.63, 3.8) is 0 Å². The summed E-state index contributed by atoms with van der Waals surface area (Å²) < 4.78 is 13.7. The zero-order valence-electron chi connectivity index (χ0n) is 45.7. The zero-order chi connectivity index (χ0) is 52.6. The molecule has 374 valence electrons. The molecule has 75 heavy (non-hydrogen) atoms. The molecule has 0 saturated carbocycles. The first-order valence-corrected chi connectivity index (χ1v) is 26.4. The maximum Gasteiger partial charge on any atom is 0.269 e. The summed E-state index contributed by atoms with van der Waals surface area (Å²) in [5.41, 5.74) is 18.1. The molecule has 0 aliphatic carbocycles. The van der Waals surface area contributed by atoms with Gasteiger partial charge < -0.3 is 4.74 Å². The largest absolute Gasteiger partial charge is 0.458 e. The van der Waals surface area contributed by atoms with Gasteiger partial charge in [-0.05, 0) is 132 Å². The first kappa shape index (κ1) is 49.2. The molecule has 8 aromatic carbocycles. The average Bonchev–Trinajstić information content (AvgIpc) is 3.95. The number of para-hydroxylation sites is 2. The second-order valence-electron chi connectivity index (χ2n) is 24.4. The van der Waals surface area contributed by atoms with Gasteiger partial charge in [0.1, 0.15) is 17.3 Å². The third-order valence-corrected chi connectivity index (χ3v) is 14.9. The highest BCUT2D eigenvalue weighted by Gasteiger charge is 2.24. The van der Waals surface area contributed by atoms with Crippen molar-refractivity contribution >= 4 is 32.8 Å². The molecule has 5 nitrogen and oxygen atoms in total. The van der Waals surface area contributed by atoms with Crippen LogP contribution in [0.25, 0.3) is 83.4 Å². The number of nitrogens with zero attached hydrogens (tertiary/aromatic N) is 4. The second kappa shape index (κ2) is 18.4. The summed E-state index contributed by atoms with van der Waals surface area (Å²) in [5, 5.41) is 2.32. The number of hydrogen-bond donors (Lipinski definition) is 0. The van der Waals surface area contributed by atoms with E-state index >= 15 is 0 Å². The van der Waals surface area contributed by atoms with Crippen molar-refractivity contribution in [3.05, 3.63) is 223 Å². The van der Waals surface area contributed by atoms with Gasteiger partial charge in [-0.3, -0.25) is 13.7 Å². The van der Waals surface area contributed by atoms with Crippen molar-refractivity contribution in [2.75, 3.05) is 0 Å². The van der Waals surface area contributed by atoms with Crippen molar-refractivity contribution in [2.45, 2.75) is 105 Å². The Morgan fingerprint density at radius 1 is 0.413 bits per heavy atom. The van der Waals surface area contributed by atoms with E-state index in [0.29, 0.717) is 0 Å². The minimum Gasteiger partial charge on any atom is -0.458 e. The molecule has 0 radical (unpaired) electrons. The number of ether oxygens (including phenoxy) is 1. The van der Waals surface area contributed by atoms with Crippen LogP contribution in [0, 0.1) is 6.33 Å². The van der Waals surface area contributed by atoms with E-state index in [1.165, 1.54) is 27.6 Å². The summed E-state index contributed by atoms with van der Waals surface area (Å²) in [7, 11) is 0. The van der Waals surface area contributed by atoms with Gasteiger partial charge in [-0.15, -0.1) is 0 Å². The highest BCUT2D eigenvalue weighted by molar-refractivity contribution is 6.09. The van der Waals surface area contributed by atoms with Crippen LogP contribution < -0.4 is 9.30 Å². The molecular weight excluding hydrogens is 913 g/mol. The molecule has 5 heteroatoms. The SMILES string of the molecule is CC(C)(C)c1ccc(-c2ccc3c(c2)n(-c2cccc(Oc4ccc5c6ccccc6n(-c6cc(C(C)(C)C)ccn6)c5c4)c2)[c-][n+]3-c2c(-c3cccc(C(C)(C)C)c3)cccc2-c2cccc(C(C)(C)C)c2)cc1. The molecule has 0 fully saturated rings. The normalized spacial score (nSPS) is 12.5. The molecule has 0 amide bonds. The number of rotatable bonds is 8. The second-order valence-corrected chi connectivity index (χ2v) is 24.4. The van der Waals surface area contributed by atoms with Gasteiger partial charge >= 0.3 is 0 Å². The van der Waals surface area contributed by atoms with Gasteiger partial charge in [-0.1, -0.05) is 210 Å². The first-order chi connectivity index (χ1) is 35.7. The molecule has 0 aliphatic heterocycles. The molecule has 0 atom stereocenters. The molecule has 0 saturated heterocycles. The van der Waals surface area contributed by atoms with Crippen molar-refractivity contribution < 1.29 is 9.30 Å². The van der Waals surface area contributed by atoms with Crippen LogP contribution in [-0.4, -0.2) is 14.1 Å². The average molecular weight is 981 g/mol. The number of benzene rings is 8. The summed E-state index contributed by atoms with van der Waals surface area (Å²) >= 11 is 0. The fraction of sp³-hybridized carbons (Fsp3) is 0.229. The fourth-order valence-corrected chi connectivity index (χ4v) is 10.5. The van der Waals surface area contributed by atoms with E-state index in [9.17, 15) is 0 Å². The van der Waals surface area contributed by atoms with Crippen molar-refractivity contribution in [1.29, 1.82) is 0 Å². The molecular formula is C70H68N4O. The molecule has 0 spiro atoms. The summed E-state index contributed by atoms with van der Waals surface area (Å²) in [6, 6.07) is 68.5. The minimum absolute atomic E-state index is 0.0292. The Balaban J connectivity index is 1.10.